The van der Waals surface area contributed by atoms with Crippen molar-refractivity contribution in [1.82, 2.24) is 59.5 Å². The molecule has 49 heteroatoms. The number of carbonyl (C=O) groups is 8. The average molecular weight is 2040 g/mol. The molecule has 4 aliphatic rings. The van der Waals surface area contributed by atoms with E-state index in [9.17, 15) is 95.4 Å². The summed E-state index contributed by atoms with van der Waals surface area (Å²) in [6.07, 6.45) is -16.0. The highest BCUT2D eigenvalue weighted by atomic mass is 19.4. The van der Waals surface area contributed by atoms with Gasteiger partial charge >= 0.3 is 49.1 Å². The predicted molar refractivity (Wildman–Crippen MR) is 500 cm³/mol. The molecule has 4 saturated heterocycles. The van der Waals surface area contributed by atoms with E-state index in [2.05, 4.69) is 61.1 Å². The zero-order valence-corrected chi connectivity index (χ0v) is 77.9. The first kappa shape index (κ1) is 105. The second-order valence-corrected chi connectivity index (χ2v) is 33.0. The predicted octanol–water partition coefficient (Wildman–Crippen LogP) is 18.7. The van der Waals surface area contributed by atoms with Crippen molar-refractivity contribution in [1.29, 1.82) is 0 Å². The number of oxazole rings is 4. The molecule has 0 aliphatic carbocycles. The lowest BCUT2D eigenvalue weighted by atomic mass is 10.2. The molecule has 764 valence electrons. The van der Waals surface area contributed by atoms with Gasteiger partial charge in [-0.15, -0.1) is 0 Å². The normalized spacial score (nSPS) is 14.1. The molecule has 4 aliphatic heterocycles. The molecular formula is C97H89F13N20O16. The van der Waals surface area contributed by atoms with E-state index < -0.39 is 118 Å². The number of alkyl halides is 12. The van der Waals surface area contributed by atoms with E-state index in [0.717, 1.165) is 0 Å². The molecule has 0 bridgehead atoms. The van der Waals surface area contributed by atoms with Crippen molar-refractivity contribution in [3.05, 3.63) is 271 Å². The largest absolute Gasteiger partial charge is 0.453 e. The molecule has 0 spiro atoms. The monoisotopic (exact) mass is 2040 g/mol. The number of methoxy groups -OCH3 is 1. The van der Waals surface area contributed by atoms with E-state index >= 15 is 0 Å². The van der Waals surface area contributed by atoms with Gasteiger partial charge in [-0.05, 0) is 149 Å². The third kappa shape index (κ3) is 27.4. The summed E-state index contributed by atoms with van der Waals surface area (Å²) in [5.74, 6) is -9.32. The summed E-state index contributed by atoms with van der Waals surface area (Å²) in [6, 6.07) is 49.7. The van der Waals surface area contributed by atoms with Crippen LogP contribution in [-0.2, 0) is 38.9 Å². The summed E-state index contributed by atoms with van der Waals surface area (Å²) in [6.45, 7) is 15.0. The van der Waals surface area contributed by atoms with Crippen LogP contribution in [0.1, 0.15) is 92.7 Å². The van der Waals surface area contributed by atoms with Crippen molar-refractivity contribution in [2.45, 2.75) is 58.0 Å². The number of piperazine rings is 4. The van der Waals surface area contributed by atoms with Crippen LogP contribution in [0.5, 0.6) is 5.75 Å². The lowest BCUT2D eigenvalue weighted by Gasteiger charge is -2.36. The van der Waals surface area contributed by atoms with E-state index in [4.69, 9.17) is 36.6 Å². The number of anilines is 8. The Bertz CT molecular complexity index is 6650. The Morgan fingerprint density at radius 1 is 0.322 bits per heavy atom. The number of ether oxygens (including phenoxy) is 4. The summed E-state index contributed by atoms with van der Waals surface area (Å²) in [7, 11) is 1.32. The van der Waals surface area contributed by atoms with Crippen LogP contribution in [0.2, 0.25) is 0 Å². The lowest BCUT2D eigenvalue weighted by Crippen LogP contribution is -2.50. The fraction of sp³-hybridized carbons (Fsp3) is 0.278. The second-order valence-electron chi connectivity index (χ2n) is 33.0. The summed E-state index contributed by atoms with van der Waals surface area (Å²) in [4.78, 5) is 145. The zero-order chi connectivity index (χ0) is 104. The fourth-order valence-electron chi connectivity index (χ4n) is 14.6. The molecule has 8 aromatic heterocycles. The third-order valence-electron chi connectivity index (χ3n) is 21.8. The van der Waals surface area contributed by atoms with Gasteiger partial charge in [0.1, 0.15) is 40.4 Å². The van der Waals surface area contributed by atoms with E-state index in [-0.39, 0.29) is 64.2 Å². The van der Waals surface area contributed by atoms with E-state index in [1.165, 1.54) is 134 Å². The maximum absolute atomic E-state index is 13.6. The Kier molecular flexibility index (Phi) is 32.8. The number of carbonyl (C=O) groups excluding carboxylic acids is 8. The quantitative estimate of drug-likeness (QED) is 0.0458. The second kappa shape index (κ2) is 45.8. The first-order chi connectivity index (χ1) is 69.6. The molecule has 13 aromatic rings. The number of hydrogen-bond acceptors (Lipinski definition) is 28. The molecule has 12 heterocycles. The topological polar surface area (TPSA) is 403 Å². The smallest absolute Gasteiger partial charge is 0.452 e. The summed E-state index contributed by atoms with van der Waals surface area (Å²) in [5.41, 5.74) is -2.10. The van der Waals surface area contributed by atoms with Gasteiger partial charge < -0.3 is 97.1 Å². The number of amides is 8. The number of hydrogen-bond donors (Lipinski definition) is 4. The molecule has 4 fully saturated rings. The number of rotatable bonds is 18. The van der Waals surface area contributed by atoms with Gasteiger partial charge in [0, 0.05) is 127 Å². The maximum Gasteiger partial charge on any atom is 0.452 e. The minimum absolute atomic E-state index is 0.160. The average Bonchev–Trinajstić information content (AvgIpc) is 1.65. The van der Waals surface area contributed by atoms with Crippen molar-refractivity contribution in [2.75, 3.05) is 159 Å². The molecule has 0 atom stereocenters. The highest BCUT2D eigenvalue weighted by Crippen LogP contribution is 2.41. The Labute approximate surface area is 821 Å². The van der Waals surface area contributed by atoms with Crippen molar-refractivity contribution < 1.29 is 132 Å². The summed E-state index contributed by atoms with van der Waals surface area (Å²) < 4.78 is 215. The molecule has 8 amide bonds. The number of pyridine rings is 4. The Balaban J connectivity index is 0.000000154. The Morgan fingerprint density at radius 2 is 0.568 bits per heavy atom. The van der Waals surface area contributed by atoms with Gasteiger partial charge in [0.05, 0.1) is 61.3 Å². The molecular weight excluding hydrogens is 1950 g/mol. The SMILES string of the molecule is CC(C)(C)OC(=O)N1CCN(c2ccc(NC(=O)c3nc(-c4ccccc4)oc3C(F)(F)F)cn2)CC1.CCOC(=O)N1CCN(c2ccc(NC(=O)c3nc(-c4ccccc4)oc3C(F)(F)F)cn2)CC1.COC(=O)N1CCN(c2ccc(NC(=O)c3nc(-c4ccccc4)oc3C(F)(F)F)cn2)CC1.O=C(Nc1ccc(N2CCN(C(=O)Oc3ccc(F)cc3)CC2)nc1)c1nc(-c2ccccc2)oc1C(F)(F)F. The Morgan fingerprint density at radius 3 is 0.795 bits per heavy atom. The molecule has 17 rings (SSSR count). The van der Waals surface area contributed by atoms with Gasteiger partial charge in [-0.25, -0.2) is 63.4 Å². The van der Waals surface area contributed by atoms with Crippen molar-refractivity contribution in [2.24, 2.45) is 0 Å². The minimum Gasteiger partial charge on any atom is -0.453 e. The van der Waals surface area contributed by atoms with Crippen LogP contribution < -0.4 is 45.6 Å². The first-order valence-electron chi connectivity index (χ1n) is 44.7. The summed E-state index contributed by atoms with van der Waals surface area (Å²) in [5, 5.41) is 9.55. The third-order valence-corrected chi connectivity index (χ3v) is 21.8. The first-order valence-corrected chi connectivity index (χ1v) is 44.7. The lowest BCUT2D eigenvalue weighted by molar-refractivity contribution is -0.153. The van der Waals surface area contributed by atoms with Gasteiger partial charge in [0.25, 0.3) is 23.6 Å². The van der Waals surface area contributed by atoms with Gasteiger partial charge in [-0.2, -0.15) is 52.7 Å². The number of nitrogens with one attached hydrogen (secondary N) is 4. The van der Waals surface area contributed by atoms with Gasteiger partial charge in [-0.1, -0.05) is 72.8 Å². The van der Waals surface area contributed by atoms with Crippen LogP contribution in [0.15, 0.2) is 237 Å². The van der Waals surface area contributed by atoms with Gasteiger partial charge in [0.15, 0.2) is 22.8 Å². The Hall–Kier alpha value is -17.2. The fourth-order valence-corrected chi connectivity index (χ4v) is 14.6. The molecule has 36 nitrogen and oxygen atoms in total. The van der Waals surface area contributed by atoms with Crippen molar-refractivity contribution in [3.63, 3.8) is 0 Å². The molecule has 0 radical (unpaired) electrons. The molecule has 5 aromatic carbocycles. The highest BCUT2D eigenvalue weighted by Gasteiger charge is 2.47. The zero-order valence-electron chi connectivity index (χ0n) is 77.9. The molecule has 0 unspecified atom stereocenters. The highest BCUT2D eigenvalue weighted by molar-refractivity contribution is 6.06. The van der Waals surface area contributed by atoms with Crippen LogP contribution in [0.4, 0.5) is 122 Å². The van der Waals surface area contributed by atoms with E-state index in [0.29, 0.717) is 157 Å². The number of halogens is 13. The van der Waals surface area contributed by atoms with Crippen LogP contribution in [0.3, 0.4) is 0 Å². The van der Waals surface area contributed by atoms with Crippen LogP contribution in [-0.4, -0.2) is 232 Å². The van der Waals surface area contributed by atoms with Gasteiger partial charge in [0.2, 0.25) is 46.6 Å². The van der Waals surface area contributed by atoms with E-state index in [1.54, 1.807) is 139 Å². The maximum atomic E-state index is 13.6. The number of benzene rings is 5. The van der Waals surface area contributed by atoms with Crippen molar-refractivity contribution in [3.8, 4) is 51.6 Å². The number of nitrogens with zero attached hydrogens (tertiary/aromatic N) is 16. The van der Waals surface area contributed by atoms with Crippen LogP contribution in [0.25, 0.3) is 45.8 Å². The van der Waals surface area contributed by atoms with Crippen LogP contribution in [0, 0.1) is 5.82 Å². The minimum atomic E-state index is -4.93. The molecule has 0 saturated carbocycles. The van der Waals surface area contributed by atoms with Crippen LogP contribution >= 0.6 is 0 Å². The standard InChI is InChI=1S/C27H21F4N5O4.C25H26F3N5O4.C23H22F3N5O4.C22H20F3N5O4/c28-18-6-9-20(10-7-18)39-26(38)36-14-12-35(13-15-36)21-11-8-19(16-32-21)33-24(37)22-23(27(29,30)31)40-25(34-22)17-4-2-1-3-5-17;1-24(2,3)37-23(35)33-13-11-32(12-14-33)18-10-9-17(15-29-18)30-21(34)19-20(25(26,27)28)36-22(31-19)16-7-5-4-6-8-16;1-2-34-22(33)31-12-10-30(11-13-31)17-9-8-16(14-27-17)28-20(32)18-19(23(24,25)26)35-21(29-18)15-6-4-3-5-7-15;1-33-21(32)30-11-9-29(10-12-30)16-8-7-15(13-26-16)27-19(31)17-18(22(23,24)25)34-20(28-17)14-5-3-2-4-6-14/h1-11,16H,12-15H2,(H,33,37);4-10,15H,11-14H2,1-3H3,(H,30,34);3-9,14H,2,10-13H2,1H3,(H,28,32);2-8,13H,9-12H2,1H3,(H,27,31). The summed E-state index contributed by atoms with van der Waals surface area (Å²) >= 11 is 0. The molecule has 4 N–H and O–H groups in total. The van der Waals surface area contributed by atoms with Gasteiger partial charge in [-0.3, -0.25) is 19.2 Å². The van der Waals surface area contributed by atoms with E-state index in [1.807, 2.05) is 19.6 Å². The number of aromatic nitrogens is 8. The van der Waals surface area contributed by atoms with Crippen molar-refractivity contribution >= 4 is 94.0 Å². The molecule has 146 heavy (non-hydrogen) atoms.